The first kappa shape index (κ1) is 12.5. The number of carbonyl (C=O) groups is 1. The summed E-state index contributed by atoms with van der Waals surface area (Å²) in [5.74, 6) is 4.98. The van der Waals surface area contributed by atoms with Gasteiger partial charge in [-0.25, -0.2) is 0 Å². The van der Waals surface area contributed by atoms with Crippen molar-refractivity contribution in [2.24, 2.45) is 0 Å². The van der Waals surface area contributed by atoms with Crippen molar-refractivity contribution in [3.63, 3.8) is 0 Å². The molecule has 0 aromatic heterocycles. The summed E-state index contributed by atoms with van der Waals surface area (Å²) in [5.41, 5.74) is 0.460. The van der Waals surface area contributed by atoms with Gasteiger partial charge in [-0.2, -0.15) is 0 Å². The minimum absolute atomic E-state index is 0.213. The fourth-order valence-corrected chi connectivity index (χ4v) is 0.511. The van der Waals surface area contributed by atoms with Gasteiger partial charge in [0.2, 0.25) is 0 Å². The molecule has 0 rings (SSSR count). The highest BCUT2D eigenvalue weighted by Gasteiger charge is 1.94. The predicted octanol–water partition coefficient (Wildman–Crippen LogP) is 1.05. The number of allylic oxidation sites excluding steroid dienone is 1. The van der Waals surface area contributed by atoms with E-state index in [1.54, 1.807) is 19.1 Å². The van der Waals surface area contributed by atoms with Gasteiger partial charge >= 0.3 is 5.97 Å². The number of aliphatic hydroxyl groups is 1. The third-order valence-corrected chi connectivity index (χ3v) is 1.32. The van der Waals surface area contributed by atoms with Gasteiger partial charge in [-0.1, -0.05) is 18.4 Å². The Morgan fingerprint density at radius 3 is 2.86 bits per heavy atom. The molecule has 0 saturated heterocycles. The van der Waals surface area contributed by atoms with Gasteiger partial charge < -0.3 is 9.84 Å². The number of carbonyl (C=O) groups excluding carboxylic acids is 1. The van der Waals surface area contributed by atoms with Crippen molar-refractivity contribution in [2.75, 3.05) is 6.61 Å². The fourth-order valence-electron chi connectivity index (χ4n) is 0.511. The third-order valence-electron chi connectivity index (χ3n) is 1.32. The molecule has 0 fully saturated rings. The molecule has 0 spiro atoms. The first-order valence-corrected chi connectivity index (χ1v) is 4.20. The second-order valence-electron chi connectivity index (χ2n) is 2.68. The van der Waals surface area contributed by atoms with Gasteiger partial charge in [0.1, 0.15) is 6.61 Å². The SMILES string of the molecule is C=C(C#C/C=C/COC(C)=O)[C@H](C)O. The largest absolute Gasteiger partial charge is 0.462 e. The van der Waals surface area contributed by atoms with Crippen LogP contribution in [0.25, 0.3) is 0 Å². The lowest BCUT2D eigenvalue weighted by Gasteiger charge is -1.97. The normalized spacial score (nSPS) is 11.6. The van der Waals surface area contributed by atoms with Crippen LogP contribution >= 0.6 is 0 Å². The molecule has 0 heterocycles. The summed E-state index contributed by atoms with van der Waals surface area (Å²) in [7, 11) is 0. The number of aliphatic hydroxyl groups excluding tert-OH is 1. The number of ether oxygens (including phenoxy) is 1. The monoisotopic (exact) mass is 194 g/mol. The molecular weight excluding hydrogens is 180 g/mol. The molecule has 0 radical (unpaired) electrons. The van der Waals surface area contributed by atoms with Crippen molar-refractivity contribution < 1.29 is 14.6 Å². The lowest BCUT2D eigenvalue weighted by Crippen LogP contribution is -2.00. The molecule has 0 amide bonds. The maximum absolute atomic E-state index is 10.3. The molecule has 3 heteroatoms. The molecule has 0 aromatic rings. The van der Waals surface area contributed by atoms with Crippen LogP contribution in [-0.2, 0) is 9.53 Å². The van der Waals surface area contributed by atoms with Crippen LogP contribution in [0.3, 0.4) is 0 Å². The van der Waals surface area contributed by atoms with E-state index in [1.807, 2.05) is 0 Å². The number of hydrogen-bond acceptors (Lipinski definition) is 3. The Balaban J connectivity index is 3.81. The van der Waals surface area contributed by atoms with E-state index in [0.29, 0.717) is 5.57 Å². The van der Waals surface area contributed by atoms with Crippen LogP contribution in [0.5, 0.6) is 0 Å². The van der Waals surface area contributed by atoms with Crippen LogP contribution in [0.2, 0.25) is 0 Å². The van der Waals surface area contributed by atoms with E-state index < -0.39 is 6.10 Å². The second kappa shape index (κ2) is 6.93. The highest BCUT2D eigenvalue weighted by atomic mass is 16.5. The number of rotatable bonds is 3. The molecule has 14 heavy (non-hydrogen) atoms. The molecule has 0 aromatic carbocycles. The van der Waals surface area contributed by atoms with Gasteiger partial charge in [-0.3, -0.25) is 4.79 Å². The highest BCUT2D eigenvalue weighted by molar-refractivity contribution is 5.66. The zero-order valence-electron chi connectivity index (χ0n) is 8.41. The van der Waals surface area contributed by atoms with Crippen molar-refractivity contribution >= 4 is 5.97 Å². The van der Waals surface area contributed by atoms with E-state index in [9.17, 15) is 4.79 Å². The number of hydrogen-bond donors (Lipinski definition) is 1. The molecule has 0 aliphatic rings. The average molecular weight is 194 g/mol. The minimum Gasteiger partial charge on any atom is -0.462 e. The second-order valence-corrected chi connectivity index (χ2v) is 2.68. The average Bonchev–Trinajstić information content (AvgIpc) is 2.09. The summed E-state index contributed by atoms with van der Waals surface area (Å²) in [5, 5.41) is 9.00. The van der Waals surface area contributed by atoms with Crippen LogP contribution in [0.1, 0.15) is 13.8 Å². The van der Waals surface area contributed by atoms with Gasteiger partial charge in [-0.15, -0.1) is 0 Å². The van der Waals surface area contributed by atoms with Crippen molar-refractivity contribution in [2.45, 2.75) is 20.0 Å². The van der Waals surface area contributed by atoms with Crippen LogP contribution in [0.15, 0.2) is 24.3 Å². The first-order valence-electron chi connectivity index (χ1n) is 4.20. The smallest absolute Gasteiger partial charge is 0.302 e. The Labute approximate surface area is 84.1 Å². The van der Waals surface area contributed by atoms with Crippen LogP contribution in [-0.4, -0.2) is 23.8 Å². The van der Waals surface area contributed by atoms with E-state index >= 15 is 0 Å². The van der Waals surface area contributed by atoms with Crippen LogP contribution in [0, 0.1) is 11.8 Å². The molecule has 3 nitrogen and oxygen atoms in total. The zero-order chi connectivity index (χ0) is 11.0. The maximum Gasteiger partial charge on any atom is 0.302 e. The molecule has 0 bridgehead atoms. The summed E-state index contributed by atoms with van der Waals surface area (Å²) in [6.45, 7) is 6.71. The first-order chi connectivity index (χ1) is 6.54. The van der Waals surface area contributed by atoms with E-state index in [-0.39, 0.29) is 12.6 Å². The van der Waals surface area contributed by atoms with Crippen LogP contribution < -0.4 is 0 Å². The molecule has 0 aliphatic heterocycles. The standard InChI is InChI=1S/C11H14O3/c1-9(10(2)12)7-5-4-6-8-14-11(3)13/h4,6,10,12H,1,8H2,2-3H3/b6-4+/t10-/m0/s1. The van der Waals surface area contributed by atoms with Crippen molar-refractivity contribution in [1.29, 1.82) is 0 Å². The third kappa shape index (κ3) is 7.14. The molecule has 0 unspecified atom stereocenters. The summed E-state index contributed by atoms with van der Waals surface area (Å²) in [4.78, 5) is 10.3. The van der Waals surface area contributed by atoms with E-state index in [2.05, 4.69) is 23.2 Å². The van der Waals surface area contributed by atoms with E-state index in [0.717, 1.165) is 0 Å². The molecular formula is C11H14O3. The Bertz CT molecular complexity index is 289. The van der Waals surface area contributed by atoms with Gasteiger partial charge in [0.05, 0.1) is 6.10 Å². The fraction of sp³-hybridized carbons (Fsp3) is 0.364. The summed E-state index contributed by atoms with van der Waals surface area (Å²) < 4.78 is 4.63. The van der Waals surface area contributed by atoms with Gasteiger partial charge in [0.15, 0.2) is 0 Å². The Morgan fingerprint density at radius 2 is 2.36 bits per heavy atom. The minimum atomic E-state index is -0.621. The molecule has 0 saturated carbocycles. The van der Waals surface area contributed by atoms with Gasteiger partial charge in [0, 0.05) is 12.5 Å². The molecule has 1 atom stereocenters. The molecule has 1 N–H and O–H groups in total. The Kier molecular flexibility index (Phi) is 6.17. The van der Waals surface area contributed by atoms with Gasteiger partial charge in [0.25, 0.3) is 0 Å². The zero-order valence-corrected chi connectivity index (χ0v) is 8.41. The highest BCUT2D eigenvalue weighted by Crippen LogP contribution is 1.94. The topological polar surface area (TPSA) is 46.5 Å². The summed E-state index contributed by atoms with van der Waals surface area (Å²) in [6, 6.07) is 0. The molecule has 76 valence electrons. The Morgan fingerprint density at radius 1 is 1.71 bits per heavy atom. The van der Waals surface area contributed by atoms with Gasteiger partial charge in [-0.05, 0) is 19.1 Å². The number of esters is 1. The summed E-state index contributed by atoms with van der Waals surface area (Å²) in [6.07, 6.45) is 2.55. The predicted molar refractivity (Wildman–Crippen MR) is 54.4 cm³/mol. The van der Waals surface area contributed by atoms with Crippen LogP contribution in [0.4, 0.5) is 0 Å². The summed E-state index contributed by atoms with van der Waals surface area (Å²) >= 11 is 0. The van der Waals surface area contributed by atoms with E-state index in [4.69, 9.17) is 5.11 Å². The molecule has 0 aliphatic carbocycles. The Hall–Kier alpha value is -1.53. The maximum atomic E-state index is 10.3. The van der Waals surface area contributed by atoms with Crippen molar-refractivity contribution in [3.05, 3.63) is 24.3 Å². The lowest BCUT2D eigenvalue weighted by atomic mass is 10.2. The van der Waals surface area contributed by atoms with Crippen molar-refractivity contribution in [1.82, 2.24) is 0 Å². The van der Waals surface area contributed by atoms with Crippen molar-refractivity contribution in [3.8, 4) is 11.8 Å². The van der Waals surface area contributed by atoms with E-state index in [1.165, 1.54) is 6.92 Å². The quantitative estimate of drug-likeness (QED) is 0.539. The lowest BCUT2D eigenvalue weighted by molar-refractivity contribution is -0.139.